The highest BCUT2D eigenvalue weighted by Gasteiger charge is 2.17. The van der Waals surface area contributed by atoms with Crippen LogP contribution in [-0.4, -0.2) is 35.8 Å². The predicted octanol–water partition coefficient (Wildman–Crippen LogP) is 3.92. The van der Waals surface area contributed by atoms with Gasteiger partial charge in [0.1, 0.15) is 0 Å². The third-order valence-corrected chi connectivity index (χ3v) is 4.42. The fraction of sp³-hybridized carbons (Fsp3) is 0.391. The molecule has 0 aliphatic carbocycles. The smallest absolute Gasteiger partial charge is 0.253 e. The topological polar surface area (TPSA) is 61.4 Å². The molecule has 28 heavy (non-hydrogen) atoms. The highest BCUT2D eigenvalue weighted by molar-refractivity contribution is 6.04. The lowest BCUT2D eigenvalue weighted by Crippen LogP contribution is -2.38. The number of carbonyl (C=O) groups is 2. The summed E-state index contributed by atoms with van der Waals surface area (Å²) in [5, 5.41) is 5.81. The largest absolute Gasteiger partial charge is 0.352 e. The van der Waals surface area contributed by atoms with Gasteiger partial charge in [0.15, 0.2) is 0 Å². The van der Waals surface area contributed by atoms with Gasteiger partial charge in [-0.2, -0.15) is 0 Å². The number of amides is 2. The van der Waals surface area contributed by atoms with Crippen LogP contribution in [0.5, 0.6) is 0 Å². The summed E-state index contributed by atoms with van der Waals surface area (Å²) in [6.45, 7) is 9.78. The molecule has 2 N–H and O–H groups in total. The molecule has 0 saturated carbocycles. The fourth-order valence-corrected chi connectivity index (χ4v) is 2.80. The minimum absolute atomic E-state index is 0.131. The van der Waals surface area contributed by atoms with E-state index in [9.17, 15) is 9.59 Å². The van der Waals surface area contributed by atoms with E-state index in [-0.39, 0.29) is 24.4 Å². The van der Waals surface area contributed by atoms with Gasteiger partial charge in [-0.15, -0.1) is 0 Å². The molecule has 5 nitrogen and oxygen atoms in total. The Kier molecular flexibility index (Phi) is 8.20. The van der Waals surface area contributed by atoms with Crippen LogP contribution in [0, 0.1) is 5.92 Å². The maximum Gasteiger partial charge on any atom is 0.253 e. The summed E-state index contributed by atoms with van der Waals surface area (Å²) in [7, 11) is 0. The molecule has 0 heterocycles. The number of anilines is 1. The molecule has 0 bridgehead atoms. The van der Waals surface area contributed by atoms with Gasteiger partial charge in [0, 0.05) is 19.1 Å². The first-order valence-corrected chi connectivity index (χ1v) is 9.82. The van der Waals surface area contributed by atoms with Crippen molar-refractivity contribution in [2.45, 2.75) is 40.3 Å². The monoisotopic (exact) mass is 381 g/mol. The Labute approximate surface area is 168 Å². The van der Waals surface area contributed by atoms with Crippen molar-refractivity contribution in [2.24, 2.45) is 5.92 Å². The average Bonchev–Trinajstić information content (AvgIpc) is 2.66. The molecule has 0 unspecified atom stereocenters. The summed E-state index contributed by atoms with van der Waals surface area (Å²) >= 11 is 0. The molecule has 150 valence electrons. The molecular weight excluding hydrogens is 350 g/mol. The van der Waals surface area contributed by atoms with Crippen molar-refractivity contribution in [3.63, 3.8) is 0 Å². The number of hydrogen-bond acceptors (Lipinski definition) is 3. The highest BCUT2D eigenvalue weighted by atomic mass is 16.2. The lowest BCUT2D eigenvalue weighted by Gasteiger charge is -2.26. The van der Waals surface area contributed by atoms with Crippen LogP contribution >= 0.6 is 0 Å². The summed E-state index contributed by atoms with van der Waals surface area (Å²) in [6, 6.07) is 17.4. The van der Waals surface area contributed by atoms with E-state index >= 15 is 0 Å². The summed E-state index contributed by atoms with van der Waals surface area (Å²) < 4.78 is 0. The summed E-state index contributed by atoms with van der Waals surface area (Å²) in [6.07, 6.45) is 0. The molecule has 5 heteroatoms. The number of rotatable bonds is 9. The Morgan fingerprint density at radius 2 is 1.57 bits per heavy atom. The molecule has 0 aliphatic rings. The van der Waals surface area contributed by atoms with Crippen LogP contribution < -0.4 is 10.6 Å². The van der Waals surface area contributed by atoms with E-state index in [1.54, 1.807) is 18.2 Å². The first-order valence-electron chi connectivity index (χ1n) is 9.82. The van der Waals surface area contributed by atoms with Crippen molar-refractivity contribution < 1.29 is 9.59 Å². The van der Waals surface area contributed by atoms with Crippen LogP contribution in [0.1, 0.15) is 43.6 Å². The first kappa shape index (κ1) is 21.6. The zero-order valence-electron chi connectivity index (χ0n) is 17.2. The molecule has 2 aromatic rings. The zero-order chi connectivity index (χ0) is 20.5. The molecule has 0 saturated heterocycles. The van der Waals surface area contributed by atoms with Gasteiger partial charge in [-0.3, -0.25) is 14.5 Å². The van der Waals surface area contributed by atoms with Crippen LogP contribution in [0.3, 0.4) is 0 Å². The Morgan fingerprint density at radius 1 is 0.929 bits per heavy atom. The van der Waals surface area contributed by atoms with E-state index in [4.69, 9.17) is 0 Å². The zero-order valence-corrected chi connectivity index (χ0v) is 17.2. The summed E-state index contributed by atoms with van der Waals surface area (Å²) in [4.78, 5) is 27.2. The molecule has 0 fully saturated rings. The van der Waals surface area contributed by atoms with E-state index in [0.29, 0.717) is 30.3 Å². The molecular formula is C23H31N3O2. The number of benzene rings is 2. The van der Waals surface area contributed by atoms with Gasteiger partial charge in [0.05, 0.1) is 17.8 Å². The van der Waals surface area contributed by atoms with Crippen LogP contribution in [0.15, 0.2) is 54.6 Å². The third-order valence-electron chi connectivity index (χ3n) is 4.42. The predicted molar refractivity (Wildman–Crippen MR) is 114 cm³/mol. The van der Waals surface area contributed by atoms with Gasteiger partial charge in [-0.25, -0.2) is 0 Å². The standard InChI is InChI=1S/C23H31N3O2/c1-17(2)14-24-23(28)20-12-8-9-13-21(20)25-22(27)16-26(18(3)4)15-19-10-6-5-7-11-19/h5-13,17-18H,14-16H2,1-4H3,(H,24,28)(H,25,27). The average molecular weight is 382 g/mol. The lowest BCUT2D eigenvalue weighted by molar-refractivity contribution is -0.117. The maximum atomic E-state index is 12.7. The Hall–Kier alpha value is -2.66. The number of nitrogens with zero attached hydrogens (tertiary/aromatic N) is 1. The maximum absolute atomic E-state index is 12.7. The van der Waals surface area contributed by atoms with E-state index < -0.39 is 0 Å². The molecule has 0 spiro atoms. The molecule has 2 aromatic carbocycles. The first-order chi connectivity index (χ1) is 13.4. The van der Waals surface area contributed by atoms with Crippen LogP contribution in [0.2, 0.25) is 0 Å². The van der Waals surface area contributed by atoms with Gasteiger partial charge in [-0.05, 0) is 37.5 Å². The quantitative estimate of drug-likeness (QED) is 0.692. The summed E-state index contributed by atoms with van der Waals surface area (Å²) in [5.74, 6) is 0.0617. The second-order valence-electron chi connectivity index (χ2n) is 7.68. The Bertz CT molecular complexity index is 772. The third kappa shape index (κ3) is 6.82. The fourth-order valence-electron chi connectivity index (χ4n) is 2.80. The number of para-hydroxylation sites is 1. The van der Waals surface area contributed by atoms with E-state index in [1.807, 2.05) is 38.1 Å². The van der Waals surface area contributed by atoms with Gasteiger partial charge >= 0.3 is 0 Å². The minimum atomic E-state index is -0.172. The SMILES string of the molecule is CC(C)CNC(=O)c1ccccc1NC(=O)CN(Cc1ccccc1)C(C)C. The van der Waals surface area contributed by atoms with Crippen molar-refractivity contribution in [3.05, 3.63) is 65.7 Å². The highest BCUT2D eigenvalue weighted by Crippen LogP contribution is 2.16. The van der Waals surface area contributed by atoms with Gasteiger partial charge in [-0.1, -0.05) is 56.3 Å². The second-order valence-corrected chi connectivity index (χ2v) is 7.68. The van der Waals surface area contributed by atoms with E-state index in [1.165, 1.54) is 0 Å². The lowest BCUT2D eigenvalue weighted by atomic mass is 10.1. The van der Waals surface area contributed by atoms with Gasteiger partial charge < -0.3 is 10.6 Å². The Morgan fingerprint density at radius 3 is 2.21 bits per heavy atom. The van der Waals surface area contributed by atoms with E-state index in [0.717, 1.165) is 5.56 Å². The van der Waals surface area contributed by atoms with Crippen molar-refractivity contribution in [2.75, 3.05) is 18.4 Å². The van der Waals surface area contributed by atoms with Crippen LogP contribution in [0.25, 0.3) is 0 Å². The molecule has 0 atom stereocenters. The van der Waals surface area contributed by atoms with Crippen molar-refractivity contribution in [3.8, 4) is 0 Å². The second kappa shape index (κ2) is 10.6. The summed E-state index contributed by atoms with van der Waals surface area (Å²) in [5.41, 5.74) is 2.19. The molecule has 0 aromatic heterocycles. The number of carbonyl (C=O) groups excluding carboxylic acids is 2. The molecule has 0 radical (unpaired) electrons. The van der Waals surface area contributed by atoms with Gasteiger partial charge in [0.2, 0.25) is 5.91 Å². The van der Waals surface area contributed by atoms with E-state index in [2.05, 4.69) is 41.5 Å². The number of hydrogen-bond donors (Lipinski definition) is 2. The number of nitrogens with one attached hydrogen (secondary N) is 2. The van der Waals surface area contributed by atoms with Crippen LogP contribution in [0.4, 0.5) is 5.69 Å². The van der Waals surface area contributed by atoms with Gasteiger partial charge in [0.25, 0.3) is 5.91 Å². The van der Waals surface area contributed by atoms with Crippen molar-refractivity contribution >= 4 is 17.5 Å². The Balaban J connectivity index is 2.04. The van der Waals surface area contributed by atoms with Crippen LogP contribution in [-0.2, 0) is 11.3 Å². The van der Waals surface area contributed by atoms with Crippen molar-refractivity contribution in [1.29, 1.82) is 0 Å². The molecule has 0 aliphatic heterocycles. The van der Waals surface area contributed by atoms with Crippen molar-refractivity contribution in [1.82, 2.24) is 10.2 Å². The minimum Gasteiger partial charge on any atom is -0.352 e. The molecule has 2 amide bonds. The molecule has 2 rings (SSSR count). The normalized spacial score (nSPS) is 11.1.